The first-order chi connectivity index (χ1) is 1.73. The molecule has 0 saturated carbocycles. The van der Waals surface area contributed by atoms with Crippen LogP contribution < -0.4 is 24.6 Å². The Hall–Kier alpha value is -0.0769. The first kappa shape index (κ1) is 65.6. The van der Waals surface area contributed by atoms with Crippen LogP contribution in [-0.2, 0) is 26.2 Å². The summed E-state index contributed by atoms with van der Waals surface area (Å²) in [6, 6.07) is 0. The third kappa shape index (κ3) is 47000. The van der Waals surface area contributed by atoms with Gasteiger partial charge in [0, 0.05) is 0 Å². The van der Waals surface area contributed by atoms with Gasteiger partial charge >= 0.3 is 26.2 Å². The van der Waals surface area contributed by atoms with Crippen molar-refractivity contribution < 1.29 is 31.3 Å². The summed E-state index contributed by atoms with van der Waals surface area (Å²) in [5, 5.41) is 14.8. The van der Waals surface area contributed by atoms with E-state index in [9.17, 15) is 0 Å². The number of hydrogen-bond acceptors (Lipinski definition) is 7. The van der Waals surface area contributed by atoms with Crippen LogP contribution in [0.5, 0.6) is 0 Å². The van der Waals surface area contributed by atoms with E-state index < -0.39 is 5.09 Å². The molecule has 8 nitrogen and oxygen atoms in total. The van der Waals surface area contributed by atoms with Crippen molar-refractivity contribution in [3.8, 4) is 0 Å². The molecule has 0 rings (SSSR count). The molecule has 0 aromatic carbocycles. The summed E-state index contributed by atoms with van der Waals surface area (Å²) in [7, 11) is 0. The molecule has 0 fully saturated rings. The van der Waals surface area contributed by atoms with Gasteiger partial charge < -0.3 is 39.9 Å². The average molecular weight is 221 g/mol. The van der Waals surface area contributed by atoms with E-state index in [0.717, 1.165) is 0 Å². The van der Waals surface area contributed by atoms with Gasteiger partial charge in [-0.3, -0.25) is 0 Å². The molecule has 0 bridgehead atoms. The predicted molar refractivity (Wildman–Crippen MR) is 30.4 cm³/mol. The van der Waals surface area contributed by atoms with E-state index in [1.807, 2.05) is 0 Å². The van der Waals surface area contributed by atoms with E-state index in [0.29, 0.717) is 0 Å². The second-order valence-corrected chi connectivity index (χ2v) is 0.224. The van der Waals surface area contributed by atoms with Crippen LogP contribution in [0, 0.1) is 15.3 Å². The molecule has 9 heteroatoms. The molecule has 0 radical (unpaired) electrons. The Balaban J connectivity index is -0.00000000450. The molecule has 12 N–H and O–H groups in total. The van der Waals surface area contributed by atoms with Gasteiger partial charge in [0.15, 0.2) is 0 Å². The zero-order chi connectivity index (χ0) is 3.58. The second-order valence-electron chi connectivity index (χ2n) is 0.224. The van der Waals surface area contributed by atoms with Gasteiger partial charge in [0.25, 0.3) is 0 Å². The summed E-state index contributed by atoms with van der Waals surface area (Å²) in [6.07, 6.45) is 0. The summed E-state index contributed by atoms with van der Waals surface area (Å²) >= 11 is 0. The summed E-state index contributed by atoms with van der Waals surface area (Å²) in [6.45, 7) is 0. The molecular weight excluding hydrogens is 209 g/mol. The molecule has 0 aromatic heterocycles. The second kappa shape index (κ2) is 44.4. The van der Waals surface area contributed by atoms with Crippen LogP contribution in [0.1, 0.15) is 0 Å². The zero-order valence-electron chi connectivity index (χ0n) is 5.00. The van der Waals surface area contributed by atoms with Crippen molar-refractivity contribution in [2.45, 2.75) is 0 Å². The van der Waals surface area contributed by atoms with Gasteiger partial charge in [-0.25, -0.2) is 0 Å². The van der Waals surface area contributed by atoms with Crippen LogP contribution >= 0.6 is 0 Å². The largest absolute Gasteiger partial charge is 2.00 e. The molecule has 0 aliphatic carbocycles. The Morgan fingerprint density at radius 1 is 0.889 bits per heavy atom. The van der Waals surface area contributed by atoms with Gasteiger partial charge in [-0.05, 0) is 0 Å². The number of rotatable bonds is 0. The summed E-state index contributed by atoms with van der Waals surface area (Å²) in [5.41, 5.74) is 0. The van der Waals surface area contributed by atoms with Crippen LogP contribution in [0.15, 0.2) is 0 Å². The van der Waals surface area contributed by atoms with Crippen molar-refractivity contribution >= 4 is 0 Å². The quantitative estimate of drug-likeness (QED) is 0.334. The van der Waals surface area contributed by atoms with E-state index in [4.69, 9.17) is 15.3 Å². The Kier molecular flexibility index (Phi) is 324. The summed E-state index contributed by atoms with van der Waals surface area (Å²) in [4.78, 5) is 8.25. The third-order valence-corrected chi connectivity index (χ3v) is 0. The fourth-order valence-electron chi connectivity index (χ4n) is 0. The molecule has 0 aromatic rings. The van der Waals surface area contributed by atoms with E-state index >= 15 is 0 Å². The van der Waals surface area contributed by atoms with Crippen molar-refractivity contribution in [3.63, 3.8) is 0 Å². The molecule has 9 heavy (non-hydrogen) atoms. The first-order valence-electron chi connectivity index (χ1n) is 0.548. The minimum absolute atomic E-state index is 0. The monoisotopic (exact) mass is 220 g/mol. The smallest absolute Gasteiger partial charge is 0.356 e. The van der Waals surface area contributed by atoms with Crippen molar-refractivity contribution in [1.82, 2.24) is 24.6 Å². The maximum Gasteiger partial charge on any atom is 2.00 e. The van der Waals surface area contributed by atoms with Crippen molar-refractivity contribution in [1.29, 1.82) is 0 Å². The molecular formula is H12N5O3Zr+. The number of hydrogen-bond donors (Lipinski definition) is 4. The van der Waals surface area contributed by atoms with E-state index in [2.05, 4.69) is 0 Å². The van der Waals surface area contributed by atoms with Gasteiger partial charge in [-0.15, -0.1) is 0 Å². The topological polar surface area (TPSA) is 206 Å². The molecule has 0 aliphatic rings. The molecule has 0 saturated heterocycles. The maximum atomic E-state index is 8.25. The molecule has 0 unspecified atom stereocenters. The number of nitrogens with zero attached hydrogens (tertiary/aromatic N) is 1. The van der Waals surface area contributed by atoms with E-state index in [1.54, 1.807) is 0 Å². The fraction of sp³-hybridized carbons (Fsp3) is 0. The molecule has 0 atom stereocenters. The normalized spacial score (nSPS) is 2.67. The maximum absolute atomic E-state index is 8.25. The van der Waals surface area contributed by atoms with Gasteiger partial charge in [0.1, 0.15) is 0 Å². The predicted octanol–water partition coefficient (Wildman–Crippen LogP) is 0.406. The van der Waals surface area contributed by atoms with Crippen molar-refractivity contribution in [3.05, 3.63) is 15.3 Å². The van der Waals surface area contributed by atoms with Crippen molar-refractivity contribution in [2.24, 2.45) is 0 Å². The molecule has 0 aliphatic heterocycles. The minimum Gasteiger partial charge on any atom is -0.356 e. The Bertz CT molecular complexity index is 35.2. The minimum atomic E-state index is -1.75. The Morgan fingerprint density at radius 3 is 0.889 bits per heavy atom. The third-order valence-electron chi connectivity index (χ3n) is 0. The molecule has 0 amide bonds. The van der Waals surface area contributed by atoms with Crippen LogP contribution in [0.3, 0.4) is 0 Å². The van der Waals surface area contributed by atoms with Crippen LogP contribution in [0.4, 0.5) is 0 Å². The van der Waals surface area contributed by atoms with Crippen LogP contribution in [-0.4, -0.2) is 5.09 Å². The first-order valence-corrected chi connectivity index (χ1v) is 0.548. The molecule has 0 spiro atoms. The molecule has 0 heterocycles. The Labute approximate surface area is 71.6 Å². The summed E-state index contributed by atoms with van der Waals surface area (Å²) < 4.78 is 0. The SMILES string of the molecule is N.N.N.N.O=[N+]([O-])[O-].[Zr+2]. The zero-order valence-corrected chi connectivity index (χ0v) is 7.46. The average Bonchev–Trinajstić information content (AvgIpc) is 0.811. The Morgan fingerprint density at radius 2 is 0.889 bits per heavy atom. The van der Waals surface area contributed by atoms with E-state index in [1.165, 1.54) is 0 Å². The van der Waals surface area contributed by atoms with Crippen LogP contribution in [0.2, 0.25) is 0 Å². The summed E-state index contributed by atoms with van der Waals surface area (Å²) in [5.74, 6) is 0. The van der Waals surface area contributed by atoms with Gasteiger partial charge in [0.2, 0.25) is 0 Å². The van der Waals surface area contributed by atoms with Crippen molar-refractivity contribution in [2.75, 3.05) is 0 Å². The van der Waals surface area contributed by atoms with Gasteiger partial charge in [-0.2, -0.15) is 0 Å². The van der Waals surface area contributed by atoms with E-state index in [-0.39, 0.29) is 50.8 Å². The fourth-order valence-corrected chi connectivity index (χ4v) is 0. The van der Waals surface area contributed by atoms with Crippen LogP contribution in [0.25, 0.3) is 0 Å². The van der Waals surface area contributed by atoms with Gasteiger partial charge in [0.05, 0.1) is 5.09 Å². The molecule has 58 valence electrons. The van der Waals surface area contributed by atoms with Gasteiger partial charge in [-0.1, -0.05) is 0 Å². The standard InChI is InChI=1S/NO3.4H3N.Zr/c2-1(3)4;;;;;/h;4*1H3;/q-1;;;;;+2.